The Morgan fingerprint density at radius 1 is 1.32 bits per heavy atom. The number of ether oxygens (including phenoxy) is 2. The lowest BCUT2D eigenvalue weighted by molar-refractivity contribution is -0.167. The number of aliphatic hydroxyl groups excluding tert-OH is 1. The van der Waals surface area contributed by atoms with Crippen LogP contribution in [0.25, 0.3) is 0 Å². The zero-order valence-electron chi connectivity index (χ0n) is 10.6. The van der Waals surface area contributed by atoms with Crippen molar-refractivity contribution in [1.82, 2.24) is 0 Å². The minimum absolute atomic E-state index is 0.135. The molecule has 5 nitrogen and oxygen atoms in total. The van der Waals surface area contributed by atoms with Crippen molar-refractivity contribution in [3.8, 4) is 0 Å². The Morgan fingerprint density at radius 2 is 1.84 bits per heavy atom. The number of hydrogen-bond acceptors (Lipinski definition) is 6. The molecule has 0 aromatic carbocycles. The van der Waals surface area contributed by atoms with Gasteiger partial charge in [-0.1, -0.05) is 0 Å². The van der Waals surface area contributed by atoms with Crippen LogP contribution in [0.1, 0.15) is 24.8 Å². The number of carbonyl (C=O) groups excluding carboxylic acids is 2. The Kier molecular flexibility index (Phi) is 6.47. The maximum absolute atomic E-state index is 11.8. The summed E-state index contributed by atoms with van der Waals surface area (Å²) in [6.45, 7) is 3.54. The third-order valence-corrected chi connectivity index (χ3v) is 4.04. The monoisotopic (exact) mass is 350 g/mol. The highest BCUT2D eigenvalue weighted by Gasteiger charge is 2.38. The van der Waals surface area contributed by atoms with E-state index in [1.165, 1.54) is 11.3 Å². The van der Waals surface area contributed by atoms with Crippen molar-refractivity contribution in [2.45, 2.75) is 20.0 Å². The third-order valence-electron chi connectivity index (χ3n) is 2.28. The standard InChI is InChI=1S/C12H15BrO5S/c1-3-17-11(15)9(12(16)18-4-2)10(14)8-5-7(13)6-19-8/h5-6,9-10,14H,3-4H2,1-2H3. The maximum atomic E-state index is 11.8. The van der Waals surface area contributed by atoms with Gasteiger partial charge in [0.1, 0.15) is 6.10 Å². The molecule has 1 aromatic rings. The van der Waals surface area contributed by atoms with Crippen molar-refractivity contribution in [3.05, 3.63) is 20.8 Å². The van der Waals surface area contributed by atoms with Gasteiger partial charge in [0, 0.05) is 14.7 Å². The van der Waals surface area contributed by atoms with Crippen molar-refractivity contribution >= 4 is 39.2 Å². The Balaban J connectivity index is 2.95. The number of esters is 2. The van der Waals surface area contributed by atoms with Gasteiger partial charge in [-0.15, -0.1) is 11.3 Å². The fourth-order valence-electron chi connectivity index (χ4n) is 1.47. The summed E-state index contributed by atoms with van der Waals surface area (Å²) in [6.07, 6.45) is -1.27. The van der Waals surface area contributed by atoms with Gasteiger partial charge >= 0.3 is 11.9 Å². The van der Waals surface area contributed by atoms with E-state index in [0.717, 1.165) is 4.47 Å². The SMILES string of the molecule is CCOC(=O)C(C(=O)OCC)C(O)c1cc(Br)cs1. The van der Waals surface area contributed by atoms with Crippen LogP contribution in [0.5, 0.6) is 0 Å². The minimum Gasteiger partial charge on any atom is -0.465 e. The van der Waals surface area contributed by atoms with E-state index in [0.29, 0.717) is 4.88 Å². The summed E-state index contributed by atoms with van der Waals surface area (Å²) < 4.78 is 10.4. The molecule has 1 unspecified atom stereocenters. The predicted molar refractivity (Wildman–Crippen MR) is 73.7 cm³/mol. The summed E-state index contributed by atoms with van der Waals surface area (Å²) in [5.41, 5.74) is 0. The van der Waals surface area contributed by atoms with Crippen LogP contribution in [-0.4, -0.2) is 30.3 Å². The largest absolute Gasteiger partial charge is 0.465 e. The highest BCUT2D eigenvalue weighted by Crippen LogP contribution is 2.31. The number of aliphatic hydroxyl groups is 1. The summed E-state index contributed by atoms with van der Waals surface area (Å²) >= 11 is 4.50. The minimum atomic E-state index is -1.36. The predicted octanol–water partition coefficient (Wildman–Crippen LogP) is 2.29. The summed E-state index contributed by atoms with van der Waals surface area (Å²) in [5, 5.41) is 11.9. The molecule has 1 atom stereocenters. The molecular formula is C12H15BrO5S. The third kappa shape index (κ3) is 4.29. The van der Waals surface area contributed by atoms with Crippen molar-refractivity contribution < 1.29 is 24.2 Å². The molecule has 0 radical (unpaired) electrons. The second kappa shape index (κ2) is 7.62. The van der Waals surface area contributed by atoms with Gasteiger partial charge in [-0.2, -0.15) is 0 Å². The van der Waals surface area contributed by atoms with Gasteiger partial charge in [-0.25, -0.2) is 0 Å². The fraction of sp³-hybridized carbons (Fsp3) is 0.500. The molecule has 19 heavy (non-hydrogen) atoms. The second-order valence-corrected chi connectivity index (χ2v) is 5.45. The first-order valence-electron chi connectivity index (χ1n) is 5.76. The normalized spacial score (nSPS) is 12.3. The van der Waals surface area contributed by atoms with Gasteiger partial charge in [-0.3, -0.25) is 9.59 Å². The van der Waals surface area contributed by atoms with Crippen LogP contribution in [0, 0.1) is 5.92 Å². The molecule has 0 saturated heterocycles. The highest BCUT2D eigenvalue weighted by molar-refractivity contribution is 9.10. The Morgan fingerprint density at radius 3 is 2.21 bits per heavy atom. The average Bonchev–Trinajstić information content (AvgIpc) is 2.76. The lowest BCUT2D eigenvalue weighted by Crippen LogP contribution is -2.33. The molecular weight excluding hydrogens is 336 g/mol. The van der Waals surface area contributed by atoms with Crippen molar-refractivity contribution in [2.75, 3.05) is 13.2 Å². The number of halogens is 1. The Bertz CT molecular complexity index is 427. The van der Waals surface area contributed by atoms with Crippen molar-refractivity contribution in [2.24, 2.45) is 5.92 Å². The molecule has 0 fully saturated rings. The molecule has 0 bridgehead atoms. The second-order valence-electron chi connectivity index (χ2n) is 3.59. The summed E-state index contributed by atoms with van der Waals surface area (Å²) in [6, 6.07) is 1.65. The van der Waals surface area contributed by atoms with Gasteiger partial charge in [0.05, 0.1) is 13.2 Å². The van der Waals surface area contributed by atoms with Crippen LogP contribution in [0.4, 0.5) is 0 Å². The molecule has 0 aliphatic rings. The number of carbonyl (C=O) groups is 2. The number of rotatable bonds is 6. The molecule has 0 aliphatic carbocycles. The maximum Gasteiger partial charge on any atom is 0.323 e. The van der Waals surface area contributed by atoms with Gasteiger partial charge < -0.3 is 14.6 Å². The average molecular weight is 351 g/mol. The molecule has 0 aliphatic heterocycles. The van der Waals surface area contributed by atoms with Crippen LogP contribution in [0.15, 0.2) is 15.9 Å². The molecule has 106 valence electrons. The molecule has 0 spiro atoms. The molecule has 1 aromatic heterocycles. The van der Waals surface area contributed by atoms with E-state index < -0.39 is 24.0 Å². The van der Waals surface area contributed by atoms with E-state index in [2.05, 4.69) is 15.9 Å². The first kappa shape index (κ1) is 16.1. The van der Waals surface area contributed by atoms with Gasteiger partial charge in [-0.05, 0) is 35.8 Å². The van der Waals surface area contributed by atoms with Gasteiger partial charge in [0.2, 0.25) is 0 Å². The lowest BCUT2D eigenvalue weighted by atomic mass is 10.0. The topological polar surface area (TPSA) is 72.8 Å². The van der Waals surface area contributed by atoms with E-state index in [9.17, 15) is 14.7 Å². The van der Waals surface area contributed by atoms with Crippen molar-refractivity contribution in [1.29, 1.82) is 0 Å². The van der Waals surface area contributed by atoms with E-state index >= 15 is 0 Å². The molecule has 1 N–H and O–H groups in total. The number of thiophene rings is 1. The van der Waals surface area contributed by atoms with Crippen LogP contribution in [-0.2, 0) is 19.1 Å². The van der Waals surface area contributed by atoms with Crippen LogP contribution >= 0.6 is 27.3 Å². The zero-order chi connectivity index (χ0) is 14.4. The van der Waals surface area contributed by atoms with Crippen LogP contribution < -0.4 is 0 Å². The smallest absolute Gasteiger partial charge is 0.323 e. The first-order chi connectivity index (χ1) is 9.01. The molecule has 7 heteroatoms. The van der Waals surface area contributed by atoms with Crippen LogP contribution in [0.2, 0.25) is 0 Å². The molecule has 0 saturated carbocycles. The van der Waals surface area contributed by atoms with Gasteiger partial charge in [0.15, 0.2) is 5.92 Å². The van der Waals surface area contributed by atoms with Crippen LogP contribution in [0.3, 0.4) is 0 Å². The van der Waals surface area contributed by atoms with E-state index in [1.807, 2.05) is 0 Å². The molecule has 0 amide bonds. The summed E-state index contributed by atoms with van der Waals surface area (Å²) in [7, 11) is 0. The summed E-state index contributed by atoms with van der Waals surface area (Å²) in [4.78, 5) is 24.1. The lowest BCUT2D eigenvalue weighted by Gasteiger charge is -2.18. The Hall–Kier alpha value is -0.920. The molecule has 1 heterocycles. The van der Waals surface area contributed by atoms with E-state index in [4.69, 9.17) is 9.47 Å². The van der Waals surface area contributed by atoms with E-state index in [-0.39, 0.29) is 13.2 Å². The quantitative estimate of drug-likeness (QED) is 0.629. The van der Waals surface area contributed by atoms with Crippen molar-refractivity contribution in [3.63, 3.8) is 0 Å². The zero-order valence-corrected chi connectivity index (χ0v) is 13.0. The first-order valence-corrected chi connectivity index (χ1v) is 7.43. The van der Waals surface area contributed by atoms with Gasteiger partial charge in [0.25, 0.3) is 0 Å². The fourth-order valence-corrected chi connectivity index (χ4v) is 2.93. The Labute approximate surface area is 123 Å². The highest BCUT2D eigenvalue weighted by atomic mass is 79.9. The number of hydrogen-bond donors (Lipinski definition) is 1. The molecule has 1 rings (SSSR count). The summed E-state index contributed by atoms with van der Waals surface area (Å²) in [5.74, 6) is -2.92. The van der Waals surface area contributed by atoms with E-state index in [1.54, 1.807) is 25.3 Å².